The van der Waals surface area contributed by atoms with E-state index in [2.05, 4.69) is 26.9 Å². The summed E-state index contributed by atoms with van der Waals surface area (Å²) in [6.07, 6.45) is 2.34. The Balaban J connectivity index is 1.20. The molecular weight excluding hydrogens is 384 g/mol. The summed E-state index contributed by atoms with van der Waals surface area (Å²) < 4.78 is 5.34. The third-order valence-corrected chi connectivity index (χ3v) is 6.32. The Kier molecular flexibility index (Phi) is 6.23. The number of H-pyrrole nitrogens is 1. The maximum absolute atomic E-state index is 11.5. The molecule has 29 heavy (non-hydrogen) atoms. The van der Waals surface area contributed by atoms with Gasteiger partial charge in [0.25, 0.3) is 0 Å². The van der Waals surface area contributed by atoms with Crippen LogP contribution in [0.2, 0.25) is 0 Å². The second-order valence-corrected chi connectivity index (χ2v) is 8.36. The van der Waals surface area contributed by atoms with Gasteiger partial charge in [0.2, 0.25) is 0 Å². The molecule has 150 valence electrons. The molecule has 0 unspecified atom stereocenters. The predicted octanol–water partition coefficient (Wildman–Crippen LogP) is 3.69. The number of anilines is 1. The van der Waals surface area contributed by atoms with Crippen molar-refractivity contribution in [3.8, 4) is 6.07 Å². The Hall–Kier alpha value is -2.69. The highest BCUT2D eigenvalue weighted by atomic mass is 32.2. The van der Waals surface area contributed by atoms with Crippen LogP contribution in [0.1, 0.15) is 18.4 Å². The van der Waals surface area contributed by atoms with Gasteiger partial charge >= 0.3 is 5.76 Å². The van der Waals surface area contributed by atoms with Crippen LogP contribution in [0.4, 0.5) is 5.69 Å². The number of thioether (sulfide) groups is 1. The molecule has 3 aromatic rings. The smallest absolute Gasteiger partial charge is 0.406 e. The van der Waals surface area contributed by atoms with Gasteiger partial charge in [-0.25, -0.2) is 4.79 Å². The number of para-hydroxylation sites is 1. The zero-order valence-corrected chi connectivity index (χ0v) is 17.1. The fraction of sp³-hybridized carbons (Fsp3) is 0.364. The van der Waals surface area contributed by atoms with E-state index >= 15 is 0 Å². The molecule has 0 bridgehead atoms. The number of aromatic nitrogens is 1. The van der Waals surface area contributed by atoms with Crippen LogP contribution in [-0.2, 0) is 0 Å². The molecule has 0 atom stereocenters. The summed E-state index contributed by atoms with van der Waals surface area (Å²) in [6.45, 7) is 5.01. The lowest BCUT2D eigenvalue weighted by atomic mass is 10.2. The lowest BCUT2D eigenvalue weighted by Crippen LogP contribution is -2.46. The molecule has 0 saturated carbocycles. The Morgan fingerprint density at radius 3 is 2.76 bits per heavy atom. The number of rotatable bonds is 7. The van der Waals surface area contributed by atoms with E-state index in [-0.39, 0.29) is 0 Å². The summed E-state index contributed by atoms with van der Waals surface area (Å²) in [6, 6.07) is 15.8. The van der Waals surface area contributed by atoms with E-state index < -0.39 is 5.76 Å². The SMILES string of the molecule is N#Cc1cccc(SCCCCN2CCN(c3cccc4[nH]c(=O)oc34)CC2)c1. The van der Waals surface area contributed by atoms with Gasteiger partial charge in [-0.15, -0.1) is 11.8 Å². The monoisotopic (exact) mass is 408 g/mol. The number of aromatic amines is 1. The molecule has 2 aromatic carbocycles. The van der Waals surface area contributed by atoms with E-state index in [1.807, 2.05) is 48.2 Å². The number of benzene rings is 2. The molecule has 0 aliphatic carbocycles. The minimum absolute atomic E-state index is 0.400. The number of fused-ring (bicyclic) bond motifs is 1. The number of unbranched alkanes of at least 4 members (excludes halogenated alkanes) is 1. The van der Waals surface area contributed by atoms with E-state index in [0.29, 0.717) is 5.58 Å². The normalized spacial score (nSPS) is 14.9. The van der Waals surface area contributed by atoms with E-state index in [9.17, 15) is 4.79 Å². The number of nitrogens with one attached hydrogen (secondary N) is 1. The van der Waals surface area contributed by atoms with Crippen molar-refractivity contribution in [2.45, 2.75) is 17.7 Å². The van der Waals surface area contributed by atoms with Gasteiger partial charge in [0.1, 0.15) is 0 Å². The molecule has 1 aliphatic rings. The molecule has 0 amide bonds. The van der Waals surface area contributed by atoms with Crippen molar-refractivity contribution in [2.24, 2.45) is 0 Å². The first-order chi connectivity index (χ1) is 14.2. The third kappa shape index (κ3) is 4.84. The average Bonchev–Trinajstić information content (AvgIpc) is 3.14. The van der Waals surface area contributed by atoms with Crippen LogP contribution in [-0.4, -0.2) is 48.4 Å². The van der Waals surface area contributed by atoms with E-state index in [0.717, 1.165) is 61.7 Å². The number of hydrogen-bond acceptors (Lipinski definition) is 6. The van der Waals surface area contributed by atoms with Crippen LogP contribution in [0, 0.1) is 11.3 Å². The van der Waals surface area contributed by atoms with Crippen molar-refractivity contribution in [1.29, 1.82) is 5.26 Å². The fourth-order valence-corrected chi connectivity index (χ4v) is 4.67. The van der Waals surface area contributed by atoms with Crippen LogP contribution in [0.15, 0.2) is 56.6 Å². The standard InChI is InChI=1S/C22H24N4O2S/c23-16-17-5-3-6-18(15-17)29-14-2-1-9-25-10-12-26(13-11-25)20-8-4-7-19-21(20)28-22(27)24-19/h3-8,15H,1-2,9-14H2,(H,24,27). The Labute approximate surface area is 174 Å². The van der Waals surface area contributed by atoms with Gasteiger partial charge < -0.3 is 9.32 Å². The summed E-state index contributed by atoms with van der Waals surface area (Å²) >= 11 is 1.82. The maximum Gasteiger partial charge on any atom is 0.417 e. The molecule has 1 fully saturated rings. The van der Waals surface area contributed by atoms with Crippen molar-refractivity contribution in [2.75, 3.05) is 43.4 Å². The summed E-state index contributed by atoms with van der Waals surface area (Å²) in [4.78, 5) is 20.2. The Bertz CT molecular complexity index is 1060. The van der Waals surface area contributed by atoms with Gasteiger partial charge in [-0.3, -0.25) is 9.88 Å². The molecule has 0 spiro atoms. The highest BCUT2D eigenvalue weighted by molar-refractivity contribution is 7.99. The first kappa shape index (κ1) is 19.6. The lowest BCUT2D eigenvalue weighted by Gasteiger charge is -2.36. The van der Waals surface area contributed by atoms with Crippen LogP contribution >= 0.6 is 11.8 Å². The van der Waals surface area contributed by atoms with E-state index in [1.165, 1.54) is 11.3 Å². The summed E-state index contributed by atoms with van der Waals surface area (Å²) in [5.74, 6) is 0.673. The van der Waals surface area contributed by atoms with Crippen molar-refractivity contribution in [3.63, 3.8) is 0 Å². The molecule has 6 nitrogen and oxygen atoms in total. The van der Waals surface area contributed by atoms with Crippen molar-refractivity contribution in [1.82, 2.24) is 9.88 Å². The van der Waals surface area contributed by atoms with Gasteiger partial charge in [-0.2, -0.15) is 5.26 Å². The van der Waals surface area contributed by atoms with Crippen LogP contribution in [0.3, 0.4) is 0 Å². The highest BCUT2D eigenvalue weighted by Crippen LogP contribution is 2.26. The topological polar surface area (TPSA) is 76.3 Å². The average molecular weight is 409 g/mol. The van der Waals surface area contributed by atoms with Crippen molar-refractivity contribution < 1.29 is 4.42 Å². The second kappa shape index (κ2) is 9.21. The number of piperazine rings is 1. The number of hydrogen-bond donors (Lipinski definition) is 1. The van der Waals surface area contributed by atoms with Gasteiger partial charge in [0, 0.05) is 31.1 Å². The Morgan fingerprint density at radius 1 is 1.10 bits per heavy atom. The molecule has 4 rings (SSSR count). The molecule has 2 heterocycles. The number of nitrogens with zero attached hydrogens (tertiary/aromatic N) is 3. The van der Waals surface area contributed by atoms with Gasteiger partial charge in [0.15, 0.2) is 5.58 Å². The van der Waals surface area contributed by atoms with Crippen LogP contribution in [0.5, 0.6) is 0 Å². The van der Waals surface area contributed by atoms with Crippen LogP contribution < -0.4 is 10.7 Å². The quantitative estimate of drug-likeness (QED) is 0.475. The van der Waals surface area contributed by atoms with Gasteiger partial charge in [-0.05, 0) is 55.5 Å². The lowest BCUT2D eigenvalue weighted by molar-refractivity contribution is 0.254. The minimum atomic E-state index is -0.400. The zero-order chi connectivity index (χ0) is 20.1. The van der Waals surface area contributed by atoms with E-state index in [1.54, 1.807) is 0 Å². The van der Waals surface area contributed by atoms with Crippen LogP contribution in [0.25, 0.3) is 11.1 Å². The fourth-order valence-electron chi connectivity index (χ4n) is 3.70. The van der Waals surface area contributed by atoms with Gasteiger partial charge in [0.05, 0.1) is 22.8 Å². The van der Waals surface area contributed by atoms with Crippen molar-refractivity contribution in [3.05, 3.63) is 58.6 Å². The molecule has 0 radical (unpaired) electrons. The zero-order valence-electron chi connectivity index (χ0n) is 16.3. The summed E-state index contributed by atoms with van der Waals surface area (Å²) in [5, 5.41) is 8.97. The molecule has 1 saturated heterocycles. The molecule has 1 N–H and O–H groups in total. The Morgan fingerprint density at radius 2 is 1.93 bits per heavy atom. The molecular formula is C22H24N4O2S. The first-order valence-electron chi connectivity index (χ1n) is 9.95. The molecule has 1 aliphatic heterocycles. The number of oxazole rings is 1. The molecule has 1 aromatic heterocycles. The maximum atomic E-state index is 11.5. The molecule has 7 heteroatoms. The van der Waals surface area contributed by atoms with Crippen molar-refractivity contribution >= 4 is 28.5 Å². The predicted molar refractivity (Wildman–Crippen MR) is 117 cm³/mol. The summed E-state index contributed by atoms with van der Waals surface area (Å²) in [5.41, 5.74) is 3.13. The largest absolute Gasteiger partial charge is 0.417 e. The van der Waals surface area contributed by atoms with E-state index in [4.69, 9.17) is 9.68 Å². The van der Waals surface area contributed by atoms with Gasteiger partial charge in [-0.1, -0.05) is 12.1 Å². The number of nitriles is 1. The highest BCUT2D eigenvalue weighted by Gasteiger charge is 2.20. The minimum Gasteiger partial charge on any atom is -0.406 e. The first-order valence-corrected chi connectivity index (χ1v) is 10.9. The summed E-state index contributed by atoms with van der Waals surface area (Å²) in [7, 11) is 0. The third-order valence-electron chi connectivity index (χ3n) is 5.24. The second-order valence-electron chi connectivity index (χ2n) is 7.19.